The molecule has 2 amide bonds. The maximum Gasteiger partial charge on any atom is 0.244 e. The van der Waals surface area contributed by atoms with Crippen LogP contribution in [0.2, 0.25) is 0 Å². The number of aryl methyl sites for hydroxylation is 1. The van der Waals surface area contributed by atoms with Crippen molar-refractivity contribution in [3.63, 3.8) is 0 Å². The van der Waals surface area contributed by atoms with E-state index >= 15 is 4.39 Å². The first-order valence-electron chi connectivity index (χ1n) is 10.2. The molecule has 1 aromatic carbocycles. The SMILES string of the molecule is CC(=O)c1ccc(NC(=O)CN2C(=O)C(C)c3ncc(F)cc3-c3c2cc(C)nc3F)cc1. The highest BCUT2D eigenvalue weighted by Gasteiger charge is 2.36. The molecule has 0 saturated heterocycles. The molecule has 0 bridgehead atoms. The third-order valence-corrected chi connectivity index (χ3v) is 5.45. The van der Waals surface area contributed by atoms with Crippen LogP contribution in [0.5, 0.6) is 0 Å². The fourth-order valence-electron chi connectivity index (χ4n) is 3.84. The van der Waals surface area contributed by atoms with Crippen LogP contribution in [0.25, 0.3) is 11.1 Å². The van der Waals surface area contributed by atoms with Gasteiger partial charge in [-0.05, 0) is 57.2 Å². The summed E-state index contributed by atoms with van der Waals surface area (Å²) in [7, 11) is 0. The van der Waals surface area contributed by atoms with E-state index in [0.717, 1.165) is 17.2 Å². The lowest BCUT2D eigenvalue weighted by Gasteiger charge is -2.24. The molecule has 1 N–H and O–H groups in total. The third kappa shape index (κ3) is 4.21. The standard InChI is InChI=1S/C24H20F2N4O3/c1-12-8-19-21(23(26)28-12)18-9-16(25)10-27-22(18)13(2)24(33)30(19)11-20(32)29-17-6-4-15(5-7-17)14(3)31/h4-10,13H,11H2,1-3H3,(H,29,32). The number of hydrogen-bond donors (Lipinski definition) is 1. The maximum atomic E-state index is 15.0. The van der Waals surface area contributed by atoms with Crippen molar-refractivity contribution in [1.29, 1.82) is 0 Å². The van der Waals surface area contributed by atoms with Crippen LogP contribution in [0.3, 0.4) is 0 Å². The molecule has 0 aliphatic carbocycles. The van der Waals surface area contributed by atoms with Gasteiger partial charge in [-0.3, -0.25) is 19.4 Å². The number of nitrogens with zero attached hydrogens (tertiary/aromatic N) is 3. The molecule has 0 fully saturated rings. The number of benzene rings is 1. The number of ketones is 1. The Morgan fingerprint density at radius 2 is 1.85 bits per heavy atom. The van der Waals surface area contributed by atoms with Gasteiger partial charge in [0.1, 0.15) is 12.4 Å². The molecule has 168 valence electrons. The van der Waals surface area contributed by atoms with Gasteiger partial charge in [-0.1, -0.05) is 0 Å². The van der Waals surface area contributed by atoms with Gasteiger partial charge < -0.3 is 10.2 Å². The second-order valence-electron chi connectivity index (χ2n) is 7.86. The Bertz CT molecular complexity index is 1290. The van der Waals surface area contributed by atoms with Crippen LogP contribution in [-0.2, 0) is 9.59 Å². The minimum absolute atomic E-state index is 0.0843. The fraction of sp³-hybridized carbons (Fsp3) is 0.208. The number of halogens is 2. The zero-order valence-corrected chi connectivity index (χ0v) is 18.1. The number of anilines is 2. The highest BCUT2D eigenvalue weighted by atomic mass is 19.1. The fourth-order valence-corrected chi connectivity index (χ4v) is 3.84. The molecule has 9 heteroatoms. The predicted octanol–water partition coefficient (Wildman–Crippen LogP) is 4.02. The summed E-state index contributed by atoms with van der Waals surface area (Å²) in [5.41, 5.74) is 1.58. The molecule has 3 heterocycles. The molecule has 3 aromatic rings. The number of hydrogen-bond acceptors (Lipinski definition) is 5. The van der Waals surface area contributed by atoms with Crippen LogP contribution >= 0.6 is 0 Å². The molecule has 1 aliphatic rings. The van der Waals surface area contributed by atoms with Crippen LogP contribution in [0.15, 0.2) is 42.6 Å². The van der Waals surface area contributed by atoms with E-state index in [9.17, 15) is 18.8 Å². The number of Topliss-reactive ketones (excluding diaryl/α,β-unsaturated/α-hetero) is 1. The zero-order valence-electron chi connectivity index (χ0n) is 18.1. The number of pyridine rings is 2. The van der Waals surface area contributed by atoms with E-state index in [1.54, 1.807) is 38.1 Å². The molecule has 0 spiro atoms. The minimum Gasteiger partial charge on any atom is -0.325 e. The molecule has 1 atom stereocenters. The average Bonchev–Trinajstić information content (AvgIpc) is 2.83. The molecule has 1 aliphatic heterocycles. The summed E-state index contributed by atoms with van der Waals surface area (Å²) in [5.74, 6) is -3.54. The highest BCUT2D eigenvalue weighted by molar-refractivity contribution is 6.09. The molecule has 0 radical (unpaired) electrons. The van der Waals surface area contributed by atoms with E-state index in [0.29, 0.717) is 16.9 Å². The van der Waals surface area contributed by atoms with E-state index in [1.165, 1.54) is 13.0 Å². The van der Waals surface area contributed by atoms with Gasteiger partial charge in [0.25, 0.3) is 0 Å². The number of carbonyl (C=O) groups excluding carboxylic acids is 3. The van der Waals surface area contributed by atoms with Gasteiger partial charge in [0.05, 0.1) is 29.1 Å². The highest BCUT2D eigenvalue weighted by Crippen LogP contribution is 2.41. The summed E-state index contributed by atoms with van der Waals surface area (Å²) in [6.45, 7) is 4.15. The average molecular weight is 450 g/mol. The van der Waals surface area contributed by atoms with E-state index in [2.05, 4.69) is 15.3 Å². The first-order valence-corrected chi connectivity index (χ1v) is 10.2. The molecular formula is C24H20F2N4O3. The quantitative estimate of drug-likeness (QED) is 0.479. The largest absolute Gasteiger partial charge is 0.325 e. The Labute approximate surface area is 188 Å². The maximum absolute atomic E-state index is 15.0. The third-order valence-electron chi connectivity index (χ3n) is 5.45. The second kappa shape index (κ2) is 8.50. The van der Waals surface area contributed by atoms with E-state index in [4.69, 9.17) is 0 Å². The Hall–Kier alpha value is -4.01. The first kappa shape index (κ1) is 22.2. The number of carbonyl (C=O) groups is 3. The first-order chi connectivity index (χ1) is 15.7. The smallest absolute Gasteiger partial charge is 0.244 e. The van der Waals surface area contributed by atoms with Crippen LogP contribution in [0.1, 0.15) is 41.5 Å². The van der Waals surface area contributed by atoms with Crippen LogP contribution in [0.4, 0.5) is 20.2 Å². The number of rotatable bonds is 4. The monoisotopic (exact) mass is 450 g/mol. The number of fused-ring (bicyclic) bond motifs is 3. The van der Waals surface area contributed by atoms with Crippen LogP contribution < -0.4 is 10.2 Å². The molecule has 7 nitrogen and oxygen atoms in total. The van der Waals surface area contributed by atoms with Gasteiger partial charge in [0, 0.05) is 22.5 Å². The van der Waals surface area contributed by atoms with Crippen molar-refractivity contribution in [3.8, 4) is 11.1 Å². The molecular weight excluding hydrogens is 430 g/mol. The Morgan fingerprint density at radius 1 is 1.15 bits per heavy atom. The second-order valence-corrected chi connectivity index (χ2v) is 7.86. The summed E-state index contributed by atoms with van der Waals surface area (Å²) in [6.07, 6.45) is 0.967. The van der Waals surface area contributed by atoms with Crippen LogP contribution in [-0.4, -0.2) is 34.1 Å². The van der Waals surface area contributed by atoms with Gasteiger partial charge in [0.2, 0.25) is 17.8 Å². The van der Waals surface area contributed by atoms with Gasteiger partial charge in [-0.15, -0.1) is 0 Å². The molecule has 1 unspecified atom stereocenters. The molecule has 4 rings (SSSR count). The van der Waals surface area contributed by atoms with Gasteiger partial charge >= 0.3 is 0 Å². The lowest BCUT2D eigenvalue weighted by molar-refractivity contribution is -0.122. The number of amides is 2. The summed E-state index contributed by atoms with van der Waals surface area (Å²) < 4.78 is 29.0. The number of nitrogens with one attached hydrogen (secondary N) is 1. The molecule has 2 aromatic heterocycles. The Balaban J connectivity index is 1.72. The van der Waals surface area contributed by atoms with Crippen molar-refractivity contribution < 1.29 is 23.2 Å². The van der Waals surface area contributed by atoms with Crippen molar-refractivity contribution in [2.45, 2.75) is 26.7 Å². The summed E-state index contributed by atoms with van der Waals surface area (Å²) in [5, 5.41) is 2.67. The van der Waals surface area contributed by atoms with Crippen LogP contribution in [0, 0.1) is 18.7 Å². The lowest BCUT2D eigenvalue weighted by Crippen LogP contribution is -2.40. The number of aromatic nitrogens is 2. The van der Waals surface area contributed by atoms with Gasteiger partial charge in [0.15, 0.2) is 5.78 Å². The predicted molar refractivity (Wildman–Crippen MR) is 118 cm³/mol. The van der Waals surface area contributed by atoms with Crippen molar-refractivity contribution in [2.75, 3.05) is 16.8 Å². The molecule has 0 saturated carbocycles. The molecule has 33 heavy (non-hydrogen) atoms. The lowest BCUT2D eigenvalue weighted by atomic mass is 9.98. The van der Waals surface area contributed by atoms with Gasteiger partial charge in [-0.2, -0.15) is 4.39 Å². The summed E-state index contributed by atoms with van der Waals surface area (Å²) in [4.78, 5) is 46.6. The van der Waals surface area contributed by atoms with Crippen molar-refractivity contribution >= 4 is 29.0 Å². The zero-order chi connectivity index (χ0) is 23.9. The van der Waals surface area contributed by atoms with Gasteiger partial charge in [-0.25, -0.2) is 9.37 Å². The summed E-state index contributed by atoms with van der Waals surface area (Å²) in [6, 6.07) is 8.90. The normalized spacial score (nSPS) is 14.9. The minimum atomic E-state index is -0.884. The Morgan fingerprint density at radius 3 is 2.52 bits per heavy atom. The van der Waals surface area contributed by atoms with Crippen molar-refractivity contribution in [2.24, 2.45) is 0 Å². The van der Waals surface area contributed by atoms with E-state index in [-0.39, 0.29) is 28.3 Å². The van der Waals surface area contributed by atoms with E-state index in [1.807, 2.05) is 0 Å². The van der Waals surface area contributed by atoms with E-state index < -0.39 is 36.0 Å². The topological polar surface area (TPSA) is 92.3 Å². The summed E-state index contributed by atoms with van der Waals surface area (Å²) >= 11 is 0. The Kier molecular flexibility index (Phi) is 5.71. The van der Waals surface area contributed by atoms with Crippen molar-refractivity contribution in [1.82, 2.24) is 9.97 Å². The van der Waals surface area contributed by atoms with Crippen molar-refractivity contribution in [3.05, 3.63) is 71.3 Å².